The average Bonchev–Trinajstić information content (AvgIpc) is 2.34. The summed E-state index contributed by atoms with van der Waals surface area (Å²) in [4.78, 5) is 29.8. The number of carboxylic acids is 1. The van der Waals surface area contributed by atoms with Crippen molar-refractivity contribution in [1.29, 1.82) is 0 Å². The smallest absolute Gasteiger partial charge is 0.308 e. The van der Waals surface area contributed by atoms with Crippen LogP contribution < -0.4 is 11.1 Å². The lowest BCUT2D eigenvalue weighted by Crippen LogP contribution is -2.25. The predicted octanol–water partition coefficient (Wildman–Crippen LogP) is 0.488. The highest BCUT2D eigenvalue weighted by atomic mass is 16.4. The highest BCUT2D eigenvalue weighted by molar-refractivity contribution is 5.95. The summed E-state index contributed by atoms with van der Waals surface area (Å²) >= 11 is 0. The van der Waals surface area contributed by atoms with E-state index in [0.717, 1.165) is 6.42 Å². The van der Waals surface area contributed by atoms with Crippen LogP contribution in [0, 0.1) is 5.92 Å². The first kappa shape index (κ1) is 13.9. The normalized spacial score (nSPS) is 11.8. The number of primary amides is 1. The highest BCUT2D eigenvalue weighted by Crippen LogP contribution is 2.11. The Kier molecular flexibility index (Phi) is 5.04. The summed E-state index contributed by atoms with van der Waals surface area (Å²) in [7, 11) is 0. The van der Waals surface area contributed by atoms with Crippen LogP contribution in [0.3, 0.4) is 0 Å². The highest BCUT2D eigenvalue weighted by Gasteiger charge is 2.18. The van der Waals surface area contributed by atoms with Crippen molar-refractivity contribution in [3.63, 3.8) is 0 Å². The van der Waals surface area contributed by atoms with Gasteiger partial charge in [0.05, 0.1) is 5.92 Å². The van der Waals surface area contributed by atoms with Gasteiger partial charge in [0.15, 0.2) is 11.5 Å². The largest absolute Gasteiger partial charge is 0.481 e. The SMILES string of the molecule is CCCC(CNc1nccnc1C(N)=O)C(=O)O. The second kappa shape index (κ2) is 6.53. The van der Waals surface area contributed by atoms with Crippen molar-refractivity contribution in [2.75, 3.05) is 11.9 Å². The van der Waals surface area contributed by atoms with Gasteiger partial charge in [0, 0.05) is 18.9 Å². The molecule has 1 aromatic rings. The summed E-state index contributed by atoms with van der Waals surface area (Å²) in [5, 5.41) is 11.8. The van der Waals surface area contributed by atoms with Gasteiger partial charge in [-0.2, -0.15) is 0 Å². The van der Waals surface area contributed by atoms with E-state index in [-0.39, 0.29) is 18.1 Å². The van der Waals surface area contributed by atoms with Crippen LogP contribution in [0.4, 0.5) is 5.82 Å². The van der Waals surface area contributed by atoms with Crippen LogP contribution >= 0.6 is 0 Å². The van der Waals surface area contributed by atoms with Crippen molar-refractivity contribution in [3.05, 3.63) is 18.1 Å². The van der Waals surface area contributed by atoms with E-state index in [1.807, 2.05) is 6.92 Å². The minimum absolute atomic E-state index is 0.0122. The Morgan fingerprint density at radius 1 is 1.44 bits per heavy atom. The monoisotopic (exact) mass is 252 g/mol. The minimum Gasteiger partial charge on any atom is -0.481 e. The Morgan fingerprint density at radius 3 is 2.67 bits per heavy atom. The molecule has 7 heteroatoms. The summed E-state index contributed by atoms with van der Waals surface area (Å²) in [5.41, 5.74) is 5.15. The molecule has 0 aromatic carbocycles. The molecule has 1 atom stereocenters. The van der Waals surface area contributed by atoms with E-state index in [4.69, 9.17) is 10.8 Å². The molecule has 1 rings (SSSR count). The standard InChI is InChI=1S/C11H16N4O3/c1-2-3-7(11(17)18)6-15-10-8(9(12)16)13-4-5-14-10/h4-5,7H,2-3,6H2,1H3,(H2,12,16)(H,14,15)(H,17,18). The Balaban J connectivity index is 2.73. The van der Waals surface area contributed by atoms with Gasteiger partial charge in [0.25, 0.3) is 5.91 Å². The van der Waals surface area contributed by atoms with Crippen LogP contribution in [0.15, 0.2) is 12.4 Å². The van der Waals surface area contributed by atoms with Crippen LogP contribution in [-0.2, 0) is 4.79 Å². The van der Waals surface area contributed by atoms with E-state index in [9.17, 15) is 9.59 Å². The number of rotatable bonds is 7. The molecule has 0 fully saturated rings. The van der Waals surface area contributed by atoms with Crippen LogP contribution in [-0.4, -0.2) is 33.5 Å². The van der Waals surface area contributed by atoms with Gasteiger partial charge in [0.2, 0.25) is 0 Å². The molecule has 0 aliphatic rings. The number of hydrogen-bond donors (Lipinski definition) is 3. The lowest BCUT2D eigenvalue weighted by Gasteiger charge is -2.13. The number of aromatic nitrogens is 2. The fourth-order valence-corrected chi connectivity index (χ4v) is 1.53. The number of aliphatic carboxylic acids is 1. The number of carbonyl (C=O) groups is 2. The fraction of sp³-hybridized carbons (Fsp3) is 0.455. The maximum Gasteiger partial charge on any atom is 0.308 e. The number of nitrogens with two attached hydrogens (primary N) is 1. The number of hydrogen-bond acceptors (Lipinski definition) is 5. The van der Waals surface area contributed by atoms with Crippen molar-refractivity contribution in [2.24, 2.45) is 11.7 Å². The first-order valence-corrected chi connectivity index (χ1v) is 5.63. The third kappa shape index (κ3) is 3.69. The van der Waals surface area contributed by atoms with Gasteiger partial charge < -0.3 is 16.2 Å². The number of carboxylic acid groups (broad SMARTS) is 1. The molecule has 0 spiro atoms. The Hall–Kier alpha value is -2.18. The fourth-order valence-electron chi connectivity index (χ4n) is 1.53. The summed E-state index contributed by atoms with van der Waals surface area (Å²) in [5.74, 6) is -1.90. The van der Waals surface area contributed by atoms with Gasteiger partial charge >= 0.3 is 5.97 Å². The summed E-state index contributed by atoms with van der Waals surface area (Å²) < 4.78 is 0. The van der Waals surface area contributed by atoms with Crippen molar-refractivity contribution < 1.29 is 14.7 Å². The third-order valence-corrected chi connectivity index (χ3v) is 2.43. The van der Waals surface area contributed by atoms with Crippen LogP contribution in [0.2, 0.25) is 0 Å². The second-order valence-electron chi connectivity index (χ2n) is 3.82. The predicted molar refractivity (Wildman–Crippen MR) is 65.1 cm³/mol. The molecule has 18 heavy (non-hydrogen) atoms. The minimum atomic E-state index is -0.881. The maximum absolute atomic E-state index is 11.1. The van der Waals surface area contributed by atoms with Crippen LogP contribution in [0.25, 0.3) is 0 Å². The van der Waals surface area contributed by atoms with Crippen LogP contribution in [0.5, 0.6) is 0 Å². The molecular weight excluding hydrogens is 236 g/mol. The summed E-state index contributed by atoms with van der Waals surface area (Å²) in [6, 6.07) is 0. The first-order chi connectivity index (χ1) is 8.56. The Bertz CT molecular complexity index is 436. The van der Waals surface area contributed by atoms with Crippen LogP contribution in [0.1, 0.15) is 30.3 Å². The van der Waals surface area contributed by atoms with E-state index >= 15 is 0 Å². The van der Waals surface area contributed by atoms with E-state index in [0.29, 0.717) is 6.42 Å². The molecule has 0 radical (unpaired) electrons. The zero-order valence-electron chi connectivity index (χ0n) is 10.1. The molecule has 0 aliphatic carbocycles. The molecule has 1 aromatic heterocycles. The number of nitrogens with one attached hydrogen (secondary N) is 1. The molecule has 1 amide bonds. The van der Waals surface area contributed by atoms with E-state index in [2.05, 4.69) is 15.3 Å². The van der Waals surface area contributed by atoms with Crippen molar-refractivity contribution in [3.8, 4) is 0 Å². The number of nitrogens with zero attached hydrogens (tertiary/aromatic N) is 2. The second-order valence-corrected chi connectivity index (χ2v) is 3.82. The lowest BCUT2D eigenvalue weighted by atomic mass is 10.0. The van der Waals surface area contributed by atoms with Gasteiger partial charge in [-0.05, 0) is 6.42 Å². The molecule has 0 saturated carbocycles. The van der Waals surface area contributed by atoms with E-state index < -0.39 is 17.8 Å². The van der Waals surface area contributed by atoms with Gasteiger partial charge in [-0.15, -0.1) is 0 Å². The first-order valence-electron chi connectivity index (χ1n) is 5.63. The summed E-state index contributed by atoms with van der Waals surface area (Å²) in [6.07, 6.45) is 4.08. The number of anilines is 1. The Labute approximate surface area is 104 Å². The lowest BCUT2D eigenvalue weighted by molar-refractivity contribution is -0.141. The topological polar surface area (TPSA) is 118 Å². The molecule has 0 bridgehead atoms. The van der Waals surface area contributed by atoms with Gasteiger partial charge in [0.1, 0.15) is 0 Å². The number of amides is 1. The van der Waals surface area contributed by atoms with Gasteiger partial charge in [-0.3, -0.25) is 9.59 Å². The molecule has 0 aliphatic heterocycles. The molecule has 7 nitrogen and oxygen atoms in total. The zero-order valence-corrected chi connectivity index (χ0v) is 10.1. The summed E-state index contributed by atoms with van der Waals surface area (Å²) in [6.45, 7) is 2.09. The molecule has 4 N–H and O–H groups in total. The molecular formula is C11H16N4O3. The van der Waals surface area contributed by atoms with Gasteiger partial charge in [-0.1, -0.05) is 13.3 Å². The van der Waals surface area contributed by atoms with Crippen molar-refractivity contribution in [2.45, 2.75) is 19.8 Å². The molecule has 98 valence electrons. The average molecular weight is 252 g/mol. The molecule has 1 unspecified atom stereocenters. The third-order valence-electron chi connectivity index (χ3n) is 2.43. The quantitative estimate of drug-likeness (QED) is 0.649. The maximum atomic E-state index is 11.1. The van der Waals surface area contributed by atoms with E-state index in [1.54, 1.807) is 0 Å². The van der Waals surface area contributed by atoms with E-state index in [1.165, 1.54) is 12.4 Å². The molecule has 1 heterocycles. The zero-order chi connectivity index (χ0) is 13.5. The van der Waals surface area contributed by atoms with Crippen molar-refractivity contribution >= 4 is 17.7 Å². The Morgan fingerprint density at radius 2 is 2.11 bits per heavy atom. The van der Waals surface area contributed by atoms with Crippen molar-refractivity contribution in [1.82, 2.24) is 9.97 Å². The van der Waals surface area contributed by atoms with Gasteiger partial charge in [-0.25, -0.2) is 9.97 Å². The number of carbonyl (C=O) groups excluding carboxylic acids is 1. The molecule has 0 saturated heterocycles.